The summed E-state index contributed by atoms with van der Waals surface area (Å²) >= 11 is 0. The first-order chi connectivity index (χ1) is 14.7. The van der Waals surface area contributed by atoms with Gasteiger partial charge in [-0.3, -0.25) is 4.90 Å². The quantitative estimate of drug-likeness (QED) is 0.363. The van der Waals surface area contributed by atoms with Crippen molar-refractivity contribution in [2.24, 2.45) is 5.11 Å². The van der Waals surface area contributed by atoms with Crippen molar-refractivity contribution in [1.82, 2.24) is 10.2 Å². The van der Waals surface area contributed by atoms with Crippen molar-refractivity contribution in [3.63, 3.8) is 0 Å². The SMILES string of the molecule is C1CCC(NC2CCCCC2)CC1.CC(C)(C)OC(=O)N1C[C@@H](N=[N+]=[N-])C[C@H]1C(=O)O. The van der Waals surface area contributed by atoms with E-state index < -0.39 is 29.7 Å². The second-order valence-corrected chi connectivity index (χ2v) is 9.92. The molecule has 0 aromatic heterocycles. The molecule has 0 unspecified atom stereocenters. The zero-order valence-electron chi connectivity index (χ0n) is 19.3. The van der Waals surface area contributed by atoms with Gasteiger partial charge in [-0.15, -0.1) is 0 Å². The van der Waals surface area contributed by atoms with Gasteiger partial charge in [0.15, 0.2) is 0 Å². The van der Waals surface area contributed by atoms with Crippen molar-refractivity contribution in [3.8, 4) is 0 Å². The highest BCUT2D eigenvalue weighted by Crippen LogP contribution is 2.24. The number of likely N-dealkylation sites (tertiary alicyclic amines) is 1. The number of carboxylic acid groups (broad SMARTS) is 1. The van der Waals surface area contributed by atoms with Crippen LogP contribution in [0.4, 0.5) is 4.79 Å². The highest BCUT2D eigenvalue weighted by atomic mass is 16.6. The zero-order valence-corrected chi connectivity index (χ0v) is 19.3. The van der Waals surface area contributed by atoms with Gasteiger partial charge in [0.25, 0.3) is 0 Å². The second kappa shape index (κ2) is 12.2. The van der Waals surface area contributed by atoms with Gasteiger partial charge in [0.1, 0.15) is 11.6 Å². The van der Waals surface area contributed by atoms with E-state index >= 15 is 0 Å². The van der Waals surface area contributed by atoms with Crippen LogP contribution < -0.4 is 5.32 Å². The van der Waals surface area contributed by atoms with E-state index in [9.17, 15) is 9.59 Å². The van der Waals surface area contributed by atoms with Crippen LogP contribution in [0.1, 0.15) is 91.4 Å². The third-order valence-corrected chi connectivity index (χ3v) is 6.09. The maximum absolute atomic E-state index is 11.8. The summed E-state index contributed by atoms with van der Waals surface area (Å²) in [6.45, 7) is 5.15. The van der Waals surface area contributed by atoms with E-state index in [4.69, 9.17) is 15.4 Å². The van der Waals surface area contributed by atoms with Crippen LogP contribution in [-0.2, 0) is 9.53 Å². The Balaban J connectivity index is 0.000000231. The van der Waals surface area contributed by atoms with Crippen LogP contribution in [0.5, 0.6) is 0 Å². The Morgan fingerprint density at radius 1 is 1.03 bits per heavy atom. The lowest BCUT2D eigenvalue weighted by molar-refractivity contribution is -0.142. The molecule has 3 rings (SSSR count). The van der Waals surface area contributed by atoms with Gasteiger partial charge < -0.3 is 15.2 Å². The van der Waals surface area contributed by atoms with Crippen molar-refractivity contribution in [1.29, 1.82) is 0 Å². The van der Waals surface area contributed by atoms with Gasteiger partial charge in [-0.05, 0) is 58.4 Å². The third-order valence-electron chi connectivity index (χ3n) is 6.09. The molecule has 0 aromatic rings. The first-order valence-electron chi connectivity index (χ1n) is 11.7. The Labute approximate surface area is 185 Å². The van der Waals surface area contributed by atoms with E-state index in [0.717, 1.165) is 17.0 Å². The second-order valence-electron chi connectivity index (χ2n) is 9.92. The Morgan fingerprint density at radius 3 is 1.97 bits per heavy atom. The van der Waals surface area contributed by atoms with Crippen LogP contribution in [0.25, 0.3) is 10.4 Å². The van der Waals surface area contributed by atoms with Crippen LogP contribution >= 0.6 is 0 Å². The number of azide groups is 1. The summed E-state index contributed by atoms with van der Waals surface area (Å²) in [5.74, 6) is -1.13. The molecule has 3 fully saturated rings. The summed E-state index contributed by atoms with van der Waals surface area (Å²) in [4.78, 5) is 26.6. The van der Waals surface area contributed by atoms with E-state index in [-0.39, 0.29) is 13.0 Å². The molecule has 0 aromatic carbocycles. The maximum Gasteiger partial charge on any atom is 0.411 e. The summed E-state index contributed by atoms with van der Waals surface area (Å²) in [6, 6.07) is 0.215. The third kappa shape index (κ3) is 8.95. The highest BCUT2D eigenvalue weighted by Gasteiger charge is 2.41. The Morgan fingerprint density at radius 2 is 1.55 bits per heavy atom. The lowest BCUT2D eigenvalue weighted by Gasteiger charge is -2.30. The van der Waals surface area contributed by atoms with E-state index in [2.05, 4.69) is 15.3 Å². The van der Waals surface area contributed by atoms with Crippen molar-refractivity contribution in [2.45, 2.75) is 121 Å². The number of nitrogens with zero attached hydrogens (tertiary/aromatic N) is 4. The predicted molar refractivity (Wildman–Crippen MR) is 119 cm³/mol. The lowest BCUT2D eigenvalue weighted by atomic mass is 9.91. The number of carboxylic acids is 1. The number of hydrogen-bond acceptors (Lipinski definition) is 5. The summed E-state index contributed by atoms with van der Waals surface area (Å²) in [6.07, 6.45) is 14.0. The average Bonchev–Trinajstić information content (AvgIpc) is 3.14. The van der Waals surface area contributed by atoms with Gasteiger partial charge in [-0.25, -0.2) is 9.59 Å². The van der Waals surface area contributed by atoms with Gasteiger partial charge in [-0.1, -0.05) is 43.6 Å². The van der Waals surface area contributed by atoms with E-state index in [1.165, 1.54) is 64.2 Å². The van der Waals surface area contributed by atoms with Gasteiger partial charge >= 0.3 is 12.1 Å². The maximum atomic E-state index is 11.8. The molecule has 1 aliphatic heterocycles. The first-order valence-corrected chi connectivity index (χ1v) is 11.7. The number of aliphatic carboxylic acids is 1. The van der Waals surface area contributed by atoms with Crippen LogP contribution in [0.3, 0.4) is 0 Å². The lowest BCUT2D eigenvalue weighted by Crippen LogP contribution is -2.43. The van der Waals surface area contributed by atoms with Gasteiger partial charge in [0.05, 0.1) is 6.04 Å². The van der Waals surface area contributed by atoms with Crippen molar-refractivity contribution >= 4 is 12.1 Å². The predicted octanol–water partition coefficient (Wildman–Crippen LogP) is 5.00. The van der Waals surface area contributed by atoms with E-state index in [1.54, 1.807) is 20.8 Å². The molecule has 2 aliphatic carbocycles. The van der Waals surface area contributed by atoms with Crippen LogP contribution in [0.15, 0.2) is 5.11 Å². The topological polar surface area (TPSA) is 128 Å². The minimum atomic E-state index is -1.13. The van der Waals surface area contributed by atoms with Gasteiger partial charge in [-0.2, -0.15) is 0 Å². The zero-order chi connectivity index (χ0) is 22.9. The minimum absolute atomic E-state index is 0.0654. The average molecular weight is 438 g/mol. The van der Waals surface area contributed by atoms with E-state index in [0.29, 0.717) is 0 Å². The number of nitrogens with one attached hydrogen (secondary N) is 1. The summed E-state index contributed by atoms with van der Waals surface area (Å²) < 4.78 is 5.12. The molecule has 31 heavy (non-hydrogen) atoms. The molecule has 1 amide bonds. The molecule has 2 saturated carbocycles. The number of carbonyl (C=O) groups is 2. The smallest absolute Gasteiger partial charge is 0.411 e. The Bertz CT molecular complexity index is 616. The minimum Gasteiger partial charge on any atom is -0.480 e. The largest absolute Gasteiger partial charge is 0.480 e. The fourth-order valence-corrected chi connectivity index (χ4v) is 4.60. The first kappa shape index (κ1) is 25.3. The summed E-state index contributed by atoms with van der Waals surface area (Å²) in [7, 11) is 0. The number of hydrogen-bond donors (Lipinski definition) is 2. The number of amides is 1. The molecular formula is C22H39N5O4. The molecule has 0 spiro atoms. The molecular weight excluding hydrogens is 398 g/mol. The molecule has 1 heterocycles. The summed E-state index contributed by atoms with van der Waals surface area (Å²) in [5, 5.41) is 16.3. The molecule has 2 atom stereocenters. The van der Waals surface area contributed by atoms with E-state index in [1.807, 2.05) is 0 Å². The van der Waals surface area contributed by atoms with Gasteiger partial charge in [0.2, 0.25) is 0 Å². The molecule has 0 radical (unpaired) electrons. The molecule has 2 N–H and O–H groups in total. The monoisotopic (exact) mass is 437 g/mol. The molecule has 1 saturated heterocycles. The molecule has 176 valence electrons. The normalized spacial score (nSPS) is 25.2. The van der Waals surface area contributed by atoms with Crippen molar-refractivity contribution in [3.05, 3.63) is 10.4 Å². The molecule has 9 heteroatoms. The standard InChI is InChI=1S/C12H23N.C10H16N4O4/c1-3-7-11(8-4-1)13-12-9-5-2-6-10-12;1-10(2,3)18-9(17)14-5-6(12-13-11)4-7(14)8(15)16/h11-13H,1-10H2;6-7H,4-5H2,1-3H3,(H,15,16)/t;6-,7-/m.0/s1. The Hall–Kier alpha value is -1.99. The highest BCUT2D eigenvalue weighted by molar-refractivity contribution is 5.81. The molecule has 3 aliphatic rings. The molecule has 9 nitrogen and oxygen atoms in total. The molecule has 0 bridgehead atoms. The van der Waals surface area contributed by atoms with Crippen LogP contribution in [0, 0.1) is 0 Å². The number of rotatable bonds is 4. The van der Waals surface area contributed by atoms with Crippen molar-refractivity contribution in [2.75, 3.05) is 6.54 Å². The van der Waals surface area contributed by atoms with Crippen molar-refractivity contribution < 1.29 is 19.4 Å². The number of carbonyl (C=O) groups excluding carboxylic acids is 1. The fourth-order valence-electron chi connectivity index (χ4n) is 4.60. The van der Waals surface area contributed by atoms with Gasteiger partial charge in [0, 0.05) is 23.5 Å². The fraction of sp³-hybridized carbons (Fsp3) is 0.909. The van der Waals surface area contributed by atoms with Crippen LogP contribution in [-0.4, -0.2) is 58.4 Å². The number of ether oxygens (including phenoxy) is 1. The van der Waals surface area contributed by atoms with Crippen LogP contribution in [0.2, 0.25) is 0 Å². The Kier molecular flexibility index (Phi) is 9.91. The summed E-state index contributed by atoms with van der Waals surface area (Å²) in [5.41, 5.74) is 7.64.